The number of aryl methyl sites for hydroxylation is 3. The van der Waals surface area contributed by atoms with E-state index >= 15 is 0 Å². The molecule has 0 aliphatic rings. The van der Waals surface area contributed by atoms with Gasteiger partial charge in [0.1, 0.15) is 0 Å². The van der Waals surface area contributed by atoms with Gasteiger partial charge < -0.3 is 0 Å². The first-order valence-electron chi connectivity index (χ1n) is 5.91. The lowest BCUT2D eigenvalue weighted by Gasteiger charge is -2.12. The Morgan fingerprint density at radius 2 is 1.94 bits per heavy atom. The van der Waals surface area contributed by atoms with E-state index in [2.05, 4.69) is 50.4 Å². The van der Waals surface area contributed by atoms with E-state index in [0.29, 0.717) is 0 Å². The van der Waals surface area contributed by atoms with Gasteiger partial charge in [0.2, 0.25) is 0 Å². The number of rotatable bonds is 3. The first-order valence-corrected chi connectivity index (χ1v) is 7.22. The molecular weight excluding hydrogens is 248 g/mol. The summed E-state index contributed by atoms with van der Waals surface area (Å²) in [5.41, 5.74) is 5.20. The molecule has 1 aromatic carbocycles. The number of halogens is 1. The van der Waals surface area contributed by atoms with E-state index in [1.165, 1.54) is 27.1 Å². The summed E-state index contributed by atoms with van der Waals surface area (Å²) >= 11 is 8.35. The Kier molecular flexibility index (Phi) is 3.90. The molecule has 2 heteroatoms. The predicted molar refractivity (Wildman–Crippen MR) is 77.3 cm³/mol. The summed E-state index contributed by atoms with van der Waals surface area (Å²) in [7, 11) is 0. The summed E-state index contributed by atoms with van der Waals surface area (Å²) < 4.78 is 0. The molecule has 0 bridgehead atoms. The fraction of sp³-hybridized carbons (Fsp3) is 0.333. The van der Waals surface area contributed by atoms with Crippen molar-refractivity contribution >= 4 is 22.9 Å². The minimum absolute atomic E-state index is 0.00995. The Hall–Kier alpha value is -0.790. The molecule has 1 atom stereocenters. The van der Waals surface area contributed by atoms with Gasteiger partial charge in [0, 0.05) is 4.88 Å². The SMILES string of the molecule is CCc1ccsc1C(Cl)c1ccc(C)c(C)c1. The van der Waals surface area contributed by atoms with Crippen LogP contribution in [0.25, 0.3) is 0 Å². The maximum atomic E-state index is 6.59. The van der Waals surface area contributed by atoms with Crippen molar-refractivity contribution in [1.29, 1.82) is 0 Å². The highest BCUT2D eigenvalue weighted by Gasteiger charge is 2.15. The third-order valence-electron chi connectivity index (χ3n) is 3.22. The number of hydrogen-bond donors (Lipinski definition) is 0. The van der Waals surface area contributed by atoms with Crippen molar-refractivity contribution in [3.05, 3.63) is 56.8 Å². The minimum atomic E-state index is -0.00995. The average Bonchev–Trinajstić information content (AvgIpc) is 2.80. The molecule has 0 spiro atoms. The van der Waals surface area contributed by atoms with Crippen LogP contribution in [-0.4, -0.2) is 0 Å². The molecule has 0 amide bonds. The van der Waals surface area contributed by atoms with Crippen molar-refractivity contribution in [3.8, 4) is 0 Å². The van der Waals surface area contributed by atoms with Crippen molar-refractivity contribution in [2.75, 3.05) is 0 Å². The van der Waals surface area contributed by atoms with E-state index in [-0.39, 0.29) is 5.38 Å². The molecule has 90 valence electrons. The quantitative estimate of drug-likeness (QED) is 0.664. The van der Waals surface area contributed by atoms with Gasteiger partial charge in [-0.1, -0.05) is 25.1 Å². The molecule has 0 nitrogen and oxygen atoms in total. The van der Waals surface area contributed by atoms with Gasteiger partial charge in [-0.2, -0.15) is 0 Å². The van der Waals surface area contributed by atoms with E-state index in [4.69, 9.17) is 11.6 Å². The Balaban J connectivity index is 2.36. The van der Waals surface area contributed by atoms with Crippen LogP contribution in [0, 0.1) is 13.8 Å². The van der Waals surface area contributed by atoms with Gasteiger partial charge in [0.15, 0.2) is 0 Å². The molecule has 1 unspecified atom stereocenters. The Morgan fingerprint density at radius 1 is 1.18 bits per heavy atom. The smallest absolute Gasteiger partial charge is 0.0930 e. The van der Waals surface area contributed by atoms with Gasteiger partial charge in [-0.3, -0.25) is 0 Å². The Labute approximate surface area is 112 Å². The summed E-state index contributed by atoms with van der Waals surface area (Å²) in [5.74, 6) is 0. The van der Waals surface area contributed by atoms with Crippen molar-refractivity contribution in [2.45, 2.75) is 32.6 Å². The lowest BCUT2D eigenvalue weighted by Crippen LogP contribution is -1.95. The normalized spacial score (nSPS) is 12.7. The largest absolute Gasteiger partial charge is 0.147 e. The van der Waals surface area contributed by atoms with Crippen LogP contribution in [0.3, 0.4) is 0 Å². The summed E-state index contributed by atoms with van der Waals surface area (Å²) in [6.07, 6.45) is 1.05. The topological polar surface area (TPSA) is 0 Å². The van der Waals surface area contributed by atoms with Crippen LogP contribution in [-0.2, 0) is 6.42 Å². The number of hydrogen-bond acceptors (Lipinski definition) is 1. The fourth-order valence-electron chi connectivity index (χ4n) is 1.94. The summed E-state index contributed by atoms with van der Waals surface area (Å²) in [5, 5.41) is 2.12. The Bertz CT molecular complexity index is 513. The van der Waals surface area contributed by atoms with E-state index in [9.17, 15) is 0 Å². The Morgan fingerprint density at radius 3 is 2.59 bits per heavy atom. The van der Waals surface area contributed by atoms with Crippen LogP contribution in [0.15, 0.2) is 29.6 Å². The van der Waals surface area contributed by atoms with E-state index < -0.39 is 0 Å². The lowest BCUT2D eigenvalue weighted by atomic mass is 10.0. The van der Waals surface area contributed by atoms with Gasteiger partial charge in [-0.05, 0) is 54.0 Å². The van der Waals surface area contributed by atoms with E-state index in [1.807, 2.05) is 0 Å². The van der Waals surface area contributed by atoms with Crippen molar-refractivity contribution in [1.82, 2.24) is 0 Å². The minimum Gasteiger partial charge on any atom is -0.147 e. The van der Waals surface area contributed by atoms with Gasteiger partial charge in [0.25, 0.3) is 0 Å². The first-order chi connectivity index (χ1) is 8.13. The maximum absolute atomic E-state index is 6.59. The van der Waals surface area contributed by atoms with Crippen LogP contribution < -0.4 is 0 Å². The molecule has 2 rings (SSSR count). The molecule has 0 aliphatic heterocycles. The first kappa shape index (κ1) is 12.7. The van der Waals surface area contributed by atoms with Crippen molar-refractivity contribution in [3.63, 3.8) is 0 Å². The molecule has 0 radical (unpaired) electrons. The van der Waals surface area contributed by atoms with E-state index in [0.717, 1.165) is 6.42 Å². The van der Waals surface area contributed by atoms with Crippen LogP contribution >= 0.6 is 22.9 Å². The van der Waals surface area contributed by atoms with Crippen LogP contribution in [0.5, 0.6) is 0 Å². The van der Waals surface area contributed by atoms with E-state index in [1.54, 1.807) is 11.3 Å². The molecule has 1 heterocycles. The van der Waals surface area contributed by atoms with Crippen LogP contribution in [0.4, 0.5) is 0 Å². The van der Waals surface area contributed by atoms with Crippen molar-refractivity contribution in [2.24, 2.45) is 0 Å². The van der Waals surface area contributed by atoms with Crippen molar-refractivity contribution < 1.29 is 0 Å². The molecule has 0 aliphatic carbocycles. The summed E-state index contributed by atoms with van der Waals surface area (Å²) in [4.78, 5) is 1.29. The molecular formula is C15H17ClS. The average molecular weight is 265 g/mol. The van der Waals surface area contributed by atoms with Gasteiger partial charge in [0.05, 0.1) is 5.38 Å². The van der Waals surface area contributed by atoms with Crippen LogP contribution in [0.1, 0.15) is 39.4 Å². The number of benzene rings is 1. The summed E-state index contributed by atoms with van der Waals surface area (Å²) in [6.45, 7) is 6.44. The lowest BCUT2D eigenvalue weighted by molar-refractivity contribution is 1.07. The molecule has 0 saturated heterocycles. The fourth-order valence-corrected chi connectivity index (χ4v) is 3.36. The molecule has 2 aromatic rings. The highest BCUT2D eigenvalue weighted by atomic mass is 35.5. The second kappa shape index (κ2) is 5.24. The number of thiophene rings is 1. The molecule has 0 saturated carbocycles. The molecule has 17 heavy (non-hydrogen) atoms. The zero-order chi connectivity index (χ0) is 12.4. The van der Waals surface area contributed by atoms with Gasteiger partial charge >= 0.3 is 0 Å². The highest BCUT2D eigenvalue weighted by molar-refractivity contribution is 7.10. The highest BCUT2D eigenvalue weighted by Crippen LogP contribution is 2.35. The third-order valence-corrected chi connectivity index (χ3v) is 4.84. The molecule has 0 fully saturated rings. The van der Waals surface area contributed by atoms with Gasteiger partial charge in [-0.15, -0.1) is 22.9 Å². The second-order valence-corrected chi connectivity index (χ2v) is 5.75. The number of alkyl halides is 1. The van der Waals surface area contributed by atoms with Gasteiger partial charge in [-0.25, -0.2) is 0 Å². The van der Waals surface area contributed by atoms with Crippen LogP contribution in [0.2, 0.25) is 0 Å². The maximum Gasteiger partial charge on any atom is 0.0930 e. The summed E-state index contributed by atoms with van der Waals surface area (Å²) in [6, 6.07) is 8.67. The molecule has 1 aromatic heterocycles. The molecule has 0 N–H and O–H groups in total. The zero-order valence-corrected chi connectivity index (χ0v) is 12.0. The standard InChI is InChI=1S/C15H17ClS/c1-4-12-7-8-17-15(12)14(16)13-6-5-10(2)11(3)9-13/h5-9,14H,4H2,1-3H3. The zero-order valence-electron chi connectivity index (χ0n) is 10.5. The predicted octanol–water partition coefficient (Wildman–Crippen LogP) is 5.26. The third kappa shape index (κ3) is 2.56. The second-order valence-electron chi connectivity index (χ2n) is 4.37. The monoisotopic (exact) mass is 264 g/mol.